The number of hydrogen-bond donors (Lipinski definition) is 0. The molecule has 0 saturated carbocycles. The summed E-state index contributed by atoms with van der Waals surface area (Å²) in [5.41, 5.74) is -0.812. The van der Waals surface area contributed by atoms with E-state index in [0.29, 0.717) is 6.42 Å². The molecule has 1 aromatic rings. The van der Waals surface area contributed by atoms with Gasteiger partial charge in [0.25, 0.3) is 5.69 Å². The van der Waals surface area contributed by atoms with Gasteiger partial charge in [-0.05, 0) is 25.5 Å². The first-order valence-corrected chi connectivity index (χ1v) is 5.60. The van der Waals surface area contributed by atoms with Crippen LogP contribution in [0.5, 0.6) is 0 Å². The number of carbonyl (C=O) groups excluding carboxylic acids is 1. The average Bonchev–Trinajstić information content (AvgIpc) is 2.28. The van der Waals surface area contributed by atoms with Crippen LogP contribution in [0.1, 0.15) is 37.0 Å². The van der Waals surface area contributed by atoms with Crippen molar-refractivity contribution in [3.63, 3.8) is 0 Å². The Morgan fingerprint density at radius 1 is 1.56 bits per heavy atom. The van der Waals surface area contributed by atoms with Crippen LogP contribution in [-0.2, 0) is 4.74 Å². The van der Waals surface area contributed by atoms with E-state index in [1.165, 1.54) is 0 Å². The first-order valence-electron chi connectivity index (χ1n) is 5.60. The molecule has 1 rings (SSSR count). The van der Waals surface area contributed by atoms with Crippen molar-refractivity contribution in [2.45, 2.75) is 32.8 Å². The number of benzene rings is 1. The Labute approximate surface area is 104 Å². The maximum Gasteiger partial charge on any atom is 0.345 e. The summed E-state index contributed by atoms with van der Waals surface area (Å²) in [6, 6.07) is 2.71. The number of rotatable bonds is 5. The van der Waals surface area contributed by atoms with E-state index in [4.69, 9.17) is 4.74 Å². The molecule has 1 aromatic carbocycles. The van der Waals surface area contributed by atoms with Gasteiger partial charge in [-0.15, -0.1) is 0 Å². The number of nitrogens with zero attached hydrogens (tertiary/aromatic N) is 1. The summed E-state index contributed by atoms with van der Waals surface area (Å²) in [6.45, 7) is 3.61. The van der Waals surface area contributed by atoms with Gasteiger partial charge >= 0.3 is 5.97 Å². The average molecular weight is 255 g/mol. The van der Waals surface area contributed by atoms with Crippen LogP contribution < -0.4 is 0 Å². The molecule has 0 N–H and O–H groups in total. The van der Waals surface area contributed by atoms with Gasteiger partial charge in [0.05, 0.1) is 11.0 Å². The highest BCUT2D eigenvalue weighted by Crippen LogP contribution is 2.21. The van der Waals surface area contributed by atoms with Crippen LogP contribution >= 0.6 is 0 Å². The van der Waals surface area contributed by atoms with Crippen LogP contribution in [-0.4, -0.2) is 17.0 Å². The Bertz CT molecular complexity index is 461. The Hall–Kier alpha value is -1.98. The molecule has 0 aliphatic heterocycles. The normalized spacial score (nSPS) is 11.9. The quantitative estimate of drug-likeness (QED) is 0.460. The van der Waals surface area contributed by atoms with Gasteiger partial charge in [-0.2, -0.15) is 0 Å². The minimum absolute atomic E-state index is 0.356. The lowest BCUT2D eigenvalue weighted by molar-refractivity contribution is -0.385. The summed E-state index contributed by atoms with van der Waals surface area (Å²) >= 11 is 0. The molecule has 0 heterocycles. The minimum atomic E-state index is -0.873. The van der Waals surface area contributed by atoms with Crippen LogP contribution in [0.15, 0.2) is 18.2 Å². The minimum Gasteiger partial charge on any atom is -0.459 e. The molecule has 18 heavy (non-hydrogen) atoms. The Kier molecular flexibility index (Phi) is 4.76. The van der Waals surface area contributed by atoms with Gasteiger partial charge in [-0.3, -0.25) is 10.1 Å². The van der Waals surface area contributed by atoms with Crippen LogP contribution in [0.2, 0.25) is 0 Å². The number of esters is 1. The van der Waals surface area contributed by atoms with E-state index in [2.05, 4.69) is 0 Å². The van der Waals surface area contributed by atoms with Crippen molar-refractivity contribution >= 4 is 11.7 Å². The molecule has 98 valence electrons. The standard InChI is InChI=1S/C12H14FNO4/c1-3-4-8(2)18-12(15)10-7-9(13)5-6-11(10)14(16)17/h5-8H,3-4H2,1-2H3. The summed E-state index contributed by atoms with van der Waals surface area (Å²) < 4.78 is 18.0. The van der Waals surface area contributed by atoms with Crippen molar-refractivity contribution in [3.8, 4) is 0 Å². The Morgan fingerprint density at radius 2 is 2.22 bits per heavy atom. The summed E-state index contributed by atoms with van der Waals surface area (Å²) in [6.07, 6.45) is 1.11. The van der Waals surface area contributed by atoms with Crippen molar-refractivity contribution in [2.24, 2.45) is 0 Å². The third kappa shape index (κ3) is 3.51. The summed E-state index contributed by atoms with van der Waals surface area (Å²) in [5.74, 6) is -1.59. The fourth-order valence-electron chi connectivity index (χ4n) is 1.54. The van der Waals surface area contributed by atoms with Gasteiger partial charge in [-0.25, -0.2) is 9.18 Å². The fourth-order valence-corrected chi connectivity index (χ4v) is 1.54. The molecule has 0 aromatic heterocycles. The lowest BCUT2D eigenvalue weighted by atomic mass is 10.1. The van der Waals surface area contributed by atoms with E-state index in [-0.39, 0.29) is 11.7 Å². The lowest BCUT2D eigenvalue weighted by Crippen LogP contribution is -2.16. The maximum absolute atomic E-state index is 13.0. The Morgan fingerprint density at radius 3 is 2.78 bits per heavy atom. The highest BCUT2D eigenvalue weighted by molar-refractivity contribution is 5.94. The highest BCUT2D eigenvalue weighted by Gasteiger charge is 2.23. The first kappa shape index (κ1) is 14.1. The third-order valence-electron chi connectivity index (χ3n) is 2.38. The van der Waals surface area contributed by atoms with E-state index >= 15 is 0 Å². The molecule has 1 atom stereocenters. The van der Waals surface area contributed by atoms with Crippen LogP contribution in [0.4, 0.5) is 10.1 Å². The molecule has 0 bridgehead atoms. The number of nitro groups is 1. The van der Waals surface area contributed by atoms with Gasteiger partial charge in [-0.1, -0.05) is 13.3 Å². The van der Waals surface area contributed by atoms with E-state index in [1.54, 1.807) is 6.92 Å². The molecular formula is C12H14FNO4. The van der Waals surface area contributed by atoms with E-state index in [9.17, 15) is 19.3 Å². The molecule has 0 aliphatic rings. The monoisotopic (exact) mass is 255 g/mol. The van der Waals surface area contributed by atoms with Gasteiger partial charge in [0.2, 0.25) is 0 Å². The SMILES string of the molecule is CCCC(C)OC(=O)c1cc(F)ccc1[N+](=O)[O-]. The predicted molar refractivity (Wildman–Crippen MR) is 62.8 cm³/mol. The molecule has 1 unspecified atom stereocenters. The van der Waals surface area contributed by atoms with E-state index in [1.807, 2.05) is 6.92 Å². The number of halogens is 1. The molecule has 0 amide bonds. The zero-order valence-electron chi connectivity index (χ0n) is 10.2. The van der Waals surface area contributed by atoms with Crippen LogP contribution in [0.25, 0.3) is 0 Å². The van der Waals surface area contributed by atoms with Crippen molar-refractivity contribution in [1.29, 1.82) is 0 Å². The van der Waals surface area contributed by atoms with Crippen molar-refractivity contribution in [1.82, 2.24) is 0 Å². The molecule has 0 spiro atoms. The fraction of sp³-hybridized carbons (Fsp3) is 0.417. The molecule has 0 aliphatic carbocycles. The second-order valence-electron chi connectivity index (χ2n) is 3.92. The van der Waals surface area contributed by atoms with Gasteiger partial charge in [0, 0.05) is 6.07 Å². The molecule has 0 radical (unpaired) electrons. The summed E-state index contributed by atoms with van der Waals surface area (Å²) in [5, 5.41) is 10.7. The van der Waals surface area contributed by atoms with E-state index < -0.39 is 22.4 Å². The molecule has 0 saturated heterocycles. The predicted octanol–water partition coefficient (Wildman–Crippen LogP) is 3.08. The molecule has 5 nitrogen and oxygen atoms in total. The van der Waals surface area contributed by atoms with Crippen molar-refractivity contribution in [3.05, 3.63) is 39.7 Å². The second kappa shape index (κ2) is 6.09. The number of carbonyl (C=O) groups is 1. The van der Waals surface area contributed by atoms with Gasteiger partial charge < -0.3 is 4.74 Å². The maximum atomic E-state index is 13.0. The lowest BCUT2D eigenvalue weighted by Gasteiger charge is -2.12. The van der Waals surface area contributed by atoms with Gasteiger partial charge in [0.1, 0.15) is 11.4 Å². The smallest absolute Gasteiger partial charge is 0.345 e. The van der Waals surface area contributed by atoms with Crippen molar-refractivity contribution < 1.29 is 18.8 Å². The van der Waals surface area contributed by atoms with E-state index in [0.717, 1.165) is 24.6 Å². The highest BCUT2D eigenvalue weighted by atomic mass is 19.1. The van der Waals surface area contributed by atoms with Crippen molar-refractivity contribution in [2.75, 3.05) is 0 Å². The topological polar surface area (TPSA) is 69.4 Å². The van der Waals surface area contributed by atoms with Crippen LogP contribution in [0.3, 0.4) is 0 Å². The molecular weight excluding hydrogens is 241 g/mol. The first-order chi connectivity index (χ1) is 8.45. The van der Waals surface area contributed by atoms with Gasteiger partial charge in [0.15, 0.2) is 0 Å². The third-order valence-corrected chi connectivity index (χ3v) is 2.38. The Balaban J connectivity index is 2.97. The summed E-state index contributed by atoms with van der Waals surface area (Å²) in [7, 11) is 0. The number of ether oxygens (including phenoxy) is 1. The number of nitro benzene ring substituents is 1. The molecule has 6 heteroatoms. The second-order valence-corrected chi connectivity index (χ2v) is 3.92. The van der Waals surface area contributed by atoms with Crippen LogP contribution in [0, 0.1) is 15.9 Å². The zero-order valence-corrected chi connectivity index (χ0v) is 10.2. The summed E-state index contributed by atoms with van der Waals surface area (Å²) in [4.78, 5) is 21.7. The largest absolute Gasteiger partial charge is 0.459 e. The number of hydrogen-bond acceptors (Lipinski definition) is 4. The molecule has 0 fully saturated rings. The zero-order chi connectivity index (χ0) is 13.7.